The summed E-state index contributed by atoms with van der Waals surface area (Å²) in [7, 11) is 0. The fourth-order valence-corrected chi connectivity index (χ4v) is 1.66. The summed E-state index contributed by atoms with van der Waals surface area (Å²) >= 11 is 0. The molecule has 2 rings (SSSR count). The van der Waals surface area contributed by atoms with E-state index in [4.69, 9.17) is 9.47 Å². The number of hydrogen-bond acceptors (Lipinski definition) is 3. The Morgan fingerprint density at radius 2 is 2.62 bits per heavy atom. The lowest BCUT2D eigenvalue weighted by molar-refractivity contribution is -0.137. The van der Waals surface area contributed by atoms with Crippen molar-refractivity contribution in [3.63, 3.8) is 0 Å². The predicted molar refractivity (Wildman–Crippen MR) is 47.1 cm³/mol. The van der Waals surface area contributed by atoms with E-state index in [9.17, 15) is 4.79 Å². The molecule has 2 atom stereocenters. The quantitative estimate of drug-likeness (QED) is 0.364. The fourth-order valence-electron chi connectivity index (χ4n) is 1.66. The third-order valence-corrected chi connectivity index (χ3v) is 2.21. The molecule has 0 saturated carbocycles. The van der Waals surface area contributed by atoms with Crippen LogP contribution in [0.1, 0.15) is 13.3 Å². The van der Waals surface area contributed by atoms with Crippen LogP contribution in [0.4, 0.5) is 0 Å². The Bertz CT molecular complexity index is 278. The smallest absolute Gasteiger partial charge is 0.330 e. The third kappa shape index (κ3) is 1.65. The Balaban J connectivity index is 2.02. The number of ether oxygens (including phenoxy) is 2. The van der Waals surface area contributed by atoms with Gasteiger partial charge in [-0.1, -0.05) is 12.2 Å². The molecule has 70 valence electrons. The van der Waals surface area contributed by atoms with Gasteiger partial charge in [0.2, 0.25) is 0 Å². The van der Waals surface area contributed by atoms with Crippen LogP contribution in [0.5, 0.6) is 0 Å². The van der Waals surface area contributed by atoms with Crippen LogP contribution in [-0.4, -0.2) is 24.8 Å². The largest absolute Gasteiger partial charge is 0.463 e. The van der Waals surface area contributed by atoms with Gasteiger partial charge in [-0.15, -0.1) is 0 Å². The summed E-state index contributed by atoms with van der Waals surface area (Å²) in [5, 5.41) is 0. The van der Waals surface area contributed by atoms with Crippen molar-refractivity contribution >= 4 is 5.97 Å². The molecule has 0 radical (unpaired) electrons. The van der Waals surface area contributed by atoms with E-state index in [-0.39, 0.29) is 18.2 Å². The Kier molecular flexibility index (Phi) is 2.19. The van der Waals surface area contributed by atoms with Gasteiger partial charge in [0.1, 0.15) is 0 Å². The monoisotopic (exact) mass is 180 g/mol. The molecule has 0 aromatic heterocycles. The second-order valence-corrected chi connectivity index (χ2v) is 3.16. The summed E-state index contributed by atoms with van der Waals surface area (Å²) in [5.41, 5.74) is 1.03. The molecule has 3 nitrogen and oxygen atoms in total. The van der Waals surface area contributed by atoms with E-state index in [1.54, 1.807) is 13.0 Å². The summed E-state index contributed by atoms with van der Waals surface area (Å²) < 4.78 is 10.3. The second kappa shape index (κ2) is 3.34. The van der Waals surface area contributed by atoms with Crippen molar-refractivity contribution in [3.8, 4) is 0 Å². The van der Waals surface area contributed by atoms with Gasteiger partial charge in [0.05, 0.1) is 18.8 Å². The maximum atomic E-state index is 11.1. The zero-order valence-electron chi connectivity index (χ0n) is 7.53. The van der Waals surface area contributed by atoms with Gasteiger partial charge in [-0.05, 0) is 12.5 Å². The van der Waals surface area contributed by atoms with E-state index < -0.39 is 0 Å². The van der Waals surface area contributed by atoms with Gasteiger partial charge >= 0.3 is 5.97 Å². The first-order valence-corrected chi connectivity index (χ1v) is 4.50. The highest BCUT2D eigenvalue weighted by Gasteiger charge is 2.32. The van der Waals surface area contributed by atoms with Crippen molar-refractivity contribution in [1.82, 2.24) is 0 Å². The minimum atomic E-state index is -0.262. The molecule has 2 bridgehead atoms. The van der Waals surface area contributed by atoms with Crippen molar-refractivity contribution in [3.05, 3.63) is 23.8 Å². The van der Waals surface area contributed by atoms with Crippen molar-refractivity contribution in [1.29, 1.82) is 0 Å². The lowest BCUT2D eigenvalue weighted by Crippen LogP contribution is -2.06. The van der Waals surface area contributed by atoms with Gasteiger partial charge in [0.25, 0.3) is 0 Å². The number of fused-ring (bicyclic) bond motifs is 2. The molecule has 1 fully saturated rings. The van der Waals surface area contributed by atoms with Crippen LogP contribution >= 0.6 is 0 Å². The molecule has 0 spiro atoms. The summed E-state index contributed by atoms with van der Waals surface area (Å²) in [6.07, 6.45) is 6.62. The minimum absolute atomic E-state index is 0.0226. The molecule has 3 heteroatoms. The van der Waals surface area contributed by atoms with Gasteiger partial charge in [-0.2, -0.15) is 0 Å². The first-order chi connectivity index (χ1) is 6.29. The van der Waals surface area contributed by atoms with Crippen molar-refractivity contribution in [2.24, 2.45) is 0 Å². The lowest BCUT2D eigenvalue weighted by Gasteiger charge is -2.04. The highest BCUT2D eigenvalue weighted by molar-refractivity contribution is 5.83. The molecule has 0 amide bonds. The number of hydrogen-bond donors (Lipinski definition) is 0. The second-order valence-electron chi connectivity index (χ2n) is 3.16. The Labute approximate surface area is 77.0 Å². The van der Waals surface area contributed by atoms with Crippen LogP contribution in [0.2, 0.25) is 0 Å². The van der Waals surface area contributed by atoms with Crippen molar-refractivity contribution in [2.75, 3.05) is 6.61 Å². The zero-order chi connectivity index (χ0) is 9.26. The molecule has 13 heavy (non-hydrogen) atoms. The van der Waals surface area contributed by atoms with Crippen LogP contribution in [-0.2, 0) is 14.3 Å². The Hall–Kier alpha value is -1.09. The maximum Gasteiger partial charge on any atom is 0.330 e. The molecular formula is C10H12O3. The molecule has 0 aromatic rings. The molecule has 2 aliphatic rings. The Morgan fingerprint density at radius 3 is 3.15 bits per heavy atom. The van der Waals surface area contributed by atoms with E-state index in [1.165, 1.54) is 0 Å². The average Bonchev–Trinajstić information content (AvgIpc) is 2.65. The molecule has 0 unspecified atom stereocenters. The van der Waals surface area contributed by atoms with Crippen LogP contribution in [0, 0.1) is 0 Å². The lowest BCUT2D eigenvalue weighted by atomic mass is 10.0. The normalized spacial score (nSPS) is 32.8. The summed E-state index contributed by atoms with van der Waals surface area (Å²) in [5.74, 6) is -0.262. The number of carbonyl (C=O) groups is 1. The predicted octanol–water partition coefficient (Wildman–Crippen LogP) is 1.20. The van der Waals surface area contributed by atoms with Crippen molar-refractivity contribution in [2.45, 2.75) is 25.6 Å². The first kappa shape index (κ1) is 8.51. The fraction of sp³-hybridized carbons (Fsp3) is 0.500. The van der Waals surface area contributed by atoms with E-state index in [2.05, 4.69) is 0 Å². The van der Waals surface area contributed by atoms with E-state index in [1.807, 2.05) is 12.2 Å². The first-order valence-electron chi connectivity index (χ1n) is 4.50. The van der Waals surface area contributed by atoms with Crippen LogP contribution < -0.4 is 0 Å². The van der Waals surface area contributed by atoms with E-state index in [0.717, 1.165) is 12.0 Å². The average molecular weight is 180 g/mol. The van der Waals surface area contributed by atoms with Gasteiger partial charge < -0.3 is 9.47 Å². The highest BCUT2D eigenvalue weighted by Crippen LogP contribution is 2.32. The maximum absolute atomic E-state index is 11.1. The summed E-state index contributed by atoms with van der Waals surface area (Å²) in [6, 6.07) is 0. The van der Waals surface area contributed by atoms with Gasteiger partial charge in [0.15, 0.2) is 0 Å². The van der Waals surface area contributed by atoms with E-state index in [0.29, 0.717) is 6.61 Å². The van der Waals surface area contributed by atoms with Gasteiger partial charge in [-0.25, -0.2) is 4.79 Å². The molecule has 0 aliphatic carbocycles. The standard InChI is InChI=1S/C10H12O3/c1-2-12-10(11)6-7-5-8-3-4-9(7)13-8/h3-4,6,8-9H,2,5H2,1H3/b7-6+/t8-,9+/m1/s1. The third-order valence-electron chi connectivity index (χ3n) is 2.21. The van der Waals surface area contributed by atoms with Crippen LogP contribution in [0.25, 0.3) is 0 Å². The molecule has 1 saturated heterocycles. The molecule has 0 aromatic carbocycles. The molecule has 2 heterocycles. The zero-order valence-corrected chi connectivity index (χ0v) is 7.53. The molecular weight excluding hydrogens is 168 g/mol. The summed E-state index contributed by atoms with van der Waals surface area (Å²) in [6.45, 7) is 2.22. The number of rotatable bonds is 2. The molecule has 2 aliphatic heterocycles. The number of carbonyl (C=O) groups excluding carboxylic acids is 1. The summed E-state index contributed by atoms with van der Waals surface area (Å²) in [4.78, 5) is 11.1. The van der Waals surface area contributed by atoms with Crippen LogP contribution in [0.3, 0.4) is 0 Å². The van der Waals surface area contributed by atoms with Crippen molar-refractivity contribution < 1.29 is 14.3 Å². The SMILES string of the molecule is CCOC(=O)/C=C1\C[C@H]2C=C[C@@H]1O2. The van der Waals surface area contributed by atoms with Gasteiger partial charge in [-0.3, -0.25) is 0 Å². The highest BCUT2D eigenvalue weighted by atomic mass is 16.5. The molecule has 0 N–H and O–H groups in total. The van der Waals surface area contributed by atoms with E-state index >= 15 is 0 Å². The van der Waals surface area contributed by atoms with Crippen LogP contribution in [0.15, 0.2) is 23.8 Å². The van der Waals surface area contributed by atoms with Gasteiger partial charge in [0, 0.05) is 12.5 Å². The Morgan fingerprint density at radius 1 is 1.77 bits per heavy atom. The number of esters is 1. The topological polar surface area (TPSA) is 35.5 Å². The minimum Gasteiger partial charge on any atom is -0.463 e.